The molecule has 2 aromatic heterocycles. The third-order valence-electron chi connectivity index (χ3n) is 3.03. The van der Waals surface area contributed by atoms with Crippen LogP contribution in [-0.4, -0.2) is 33.0 Å². The van der Waals surface area contributed by atoms with Crippen molar-refractivity contribution in [3.05, 3.63) is 35.5 Å². The smallest absolute Gasteiger partial charge is 0.326 e. The molecule has 1 unspecified atom stereocenters. The van der Waals surface area contributed by atoms with Gasteiger partial charge in [-0.3, -0.25) is 9.78 Å². The molecule has 1 amide bonds. The van der Waals surface area contributed by atoms with Gasteiger partial charge in [-0.25, -0.2) is 9.78 Å². The lowest BCUT2D eigenvalue weighted by atomic mass is 10.0. The van der Waals surface area contributed by atoms with Crippen LogP contribution in [0.4, 0.5) is 0 Å². The lowest BCUT2D eigenvalue weighted by molar-refractivity contribution is -0.143. The van der Waals surface area contributed by atoms with Crippen LogP contribution in [0.25, 0.3) is 10.7 Å². The van der Waals surface area contributed by atoms with Crippen LogP contribution in [-0.2, 0) is 16.0 Å². The third-order valence-corrected chi connectivity index (χ3v) is 3.94. The number of hydrogen-bond donors (Lipinski definition) is 2. The van der Waals surface area contributed by atoms with Crippen LogP contribution in [0.3, 0.4) is 0 Å². The minimum atomic E-state index is -1.03. The summed E-state index contributed by atoms with van der Waals surface area (Å²) >= 11 is 1.41. The molecule has 0 aliphatic carbocycles. The maximum Gasteiger partial charge on any atom is 0.326 e. The normalized spacial score (nSPS) is 12.1. The number of aromatic nitrogens is 2. The summed E-state index contributed by atoms with van der Waals surface area (Å²) in [6, 6.07) is 4.66. The molecular formula is C15H17N3O3S. The fourth-order valence-electron chi connectivity index (χ4n) is 1.90. The van der Waals surface area contributed by atoms with E-state index in [-0.39, 0.29) is 18.2 Å². The molecule has 0 bridgehead atoms. The molecule has 0 spiro atoms. The van der Waals surface area contributed by atoms with Crippen molar-refractivity contribution in [2.75, 3.05) is 0 Å². The van der Waals surface area contributed by atoms with Crippen LogP contribution in [0.15, 0.2) is 29.8 Å². The molecule has 22 heavy (non-hydrogen) atoms. The Balaban J connectivity index is 2.01. The molecule has 7 heteroatoms. The average molecular weight is 319 g/mol. The van der Waals surface area contributed by atoms with E-state index < -0.39 is 12.0 Å². The number of nitrogens with zero attached hydrogens (tertiary/aromatic N) is 2. The summed E-state index contributed by atoms with van der Waals surface area (Å²) in [7, 11) is 0. The molecule has 0 aliphatic rings. The Labute approximate surface area is 132 Å². The lowest BCUT2D eigenvalue weighted by Gasteiger charge is -2.17. The van der Waals surface area contributed by atoms with Gasteiger partial charge in [0.05, 0.1) is 17.8 Å². The molecule has 2 N–H and O–H groups in total. The Morgan fingerprint density at radius 3 is 2.73 bits per heavy atom. The number of amides is 1. The van der Waals surface area contributed by atoms with E-state index in [9.17, 15) is 9.59 Å². The number of carboxylic acids is 1. The first kappa shape index (κ1) is 16.1. The van der Waals surface area contributed by atoms with Gasteiger partial charge < -0.3 is 10.4 Å². The van der Waals surface area contributed by atoms with E-state index in [4.69, 9.17) is 5.11 Å². The predicted molar refractivity (Wildman–Crippen MR) is 83.5 cm³/mol. The van der Waals surface area contributed by atoms with Crippen LogP contribution < -0.4 is 5.32 Å². The first-order valence-electron chi connectivity index (χ1n) is 6.85. The van der Waals surface area contributed by atoms with Gasteiger partial charge in [0.1, 0.15) is 11.0 Å². The zero-order chi connectivity index (χ0) is 16.1. The quantitative estimate of drug-likeness (QED) is 0.849. The van der Waals surface area contributed by atoms with E-state index in [0.29, 0.717) is 5.69 Å². The molecule has 2 aromatic rings. The van der Waals surface area contributed by atoms with Crippen molar-refractivity contribution in [1.82, 2.24) is 15.3 Å². The van der Waals surface area contributed by atoms with Crippen molar-refractivity contribution in [2.24, 2.45) is 5.92 Å². The highest BCUT2D eigenvalue weighted by atomic mass is 32.1. The predicted octanol–water partition coefficient (Wildman–Crippen LogP) is 1.97. The fourth-order valence-corrected chi connectivity index (χ4v) is 2.69. The van der Waals surface area contributed by atoms with E-state index in [2.05, 4.69) is 15.3 Å². The molecule has 0 saturated heterocycles. The molecule has 0 aromatic carbocycles. The number of carboxylic acid groups (broad SMARTS) is 1. The molecule has 0 saturated carbocycles. The summed E-state index contributed by atoms with van der Waals surface area (Å²) in [6.45, 7) is 3.50. The van der Waals surface area contributed by atoms with Crippen molar-refractivity contribution in [2.45, 2.75) is 26.3 Å². The summed E-state index contributed by atoms with van der Waals surface area (Å²) in [5.74, 6) is -1.56. The van der Waals surface area contributed by atoms with Crippen molar-refractivity contribution in [3.63, 3.8) is 0 Å². The summed E-state index contributed by atoms with van der Waals surface area (Å²) in [5.41, 5.74) is 1.36. The number of nitrogens with one attached hydrogen (secondary N) is 1. The highest BCUT2D eigenvalue weighted by Crippen LogP contribution is 2.21. The van der Waals surface area contributed by atoms with Gasteiger partial charge in [-0.05, 0) is 18.1 Å². The van der Waals surface area contributed by atoms with E-state index in [1.54, 1.807) is 25.4 Å². The van der Waals surface area contributed by atoms with Crippen LogP contribution in [0.1, 0.15) is 19.5 Å². The Morgan fingerprint density at radius 2 is 2.14 bits per heavy atom. The van der Waals surface area contributed by atoms with Crippen molar-refractivity contribution in [1.29, 1.82) is 0 Å². The van der Waals surface area contributed by atoms with Gasteiger partial charge in [0.15, 0.2) is 0 Å². The Kier molecular flexibility index (Phi) is 5.21. The zero-order valence-corrected chi connectivity index (χ0v) is 13.1. The van der Waals surface area contributed by atoms with Gasteiger partial charge in [0, 0.05) is 11.6 Å². The third kappa shape index (κ3) is 4.11. The molecule has 2 rings (SSSR count). The maximum absolute atomic E-state index is 12.0. The monoisotopic (exact) mass is 319 g/mol. The highest BCUT2D eigenvalue weighted by Gasteiger charge is 2.23. The first-order valence-corrected chi connectivity index (χ1v) is 7.73. The molecule has 0 fully saturated rings. The number of carbonyl (C=O) groups is 2. The van der Waals surface area contributed by atoms with Crippen LogP contribution >= 0.6 is 11.3 Å². The SMILES string of the molecule is CC(C)C(NC(=O)Cc1csc(-c2ccccn2)n1)C(=O)O. The van der Waals surface area contributed by atoms with Crippen molar-refractivity contribution >= 4 is 23.2 Å². The number of hydrogen-bond acceptors (Lipinski definition) is 5. The van der Waals surface area contributed by atoms with E-state index >= 15 is 0 Å². The van der Waals surface area contributed by atoms with E-state index in [1.807, 2.05) is 18.2 Å². The van der Waals surface area contributed by atoms with Gasteiger partial charge in [-0.15, -0.1) is 11.3 Å². The molecule has 116 valence electrons. The van der Waals surface area contributed by atoms with Gasteiger partial charge in [-0.2, -0.15) is 0 Å². The molecular weight excluding hydrogens is 302 g/mol. The second-order valence-electron chi connectivity index (χ2n) is 5.16. The average Bonchev–Trinajstić information content (AvgIpc) is 2.93. The van der Waals surface area contributed by atoms with Gasteiger partial charge in [-0.1, -0.05) is 19.9 Å². The van der Waals surface area contributed by atoms with Gasteiger partial charge in [0.2, 0.25) is 5.91 Å². The standard InChI is InChI=1S/C15H17N3O3S/c1-9(2)13(15(20)21)18-12(19)7-10-8-22-14(17-10)11-5-3-4-6-16-11/h3-6,8-9,13H,7H2,1-2H3,(H,18,19)(H,20,21). The van der Waals surface area contributed by atoms with E-state index in [1.165, 1.54) is 11.3 Å². The minimum Gasteiger partial charge on any atom is -0.480 e. The van der Waals surface area contributed by atoms with Crippen molar-refractivity contribution in [3.8, 4) is 10.7 Å². The fraction of sp³-hybridized carbons (Fsp3) is 0.333. The summed E-state index contributed by atoms with van der Waals surface area (Å²) in [5, 5.41) is 14.1. The minimum absolute atomic E-state index is 0.0554. The molecule has 1 atom stereocenters. The number of carbonyl (C=O) groups excluding carboxylic acids is 1. The van der Waals surface area contributed by atoms with Crippen LogP contribution in [0.2, 0.25) is 0 Å². The number of thiazole rings is 1. The Bertz CT molecular complexity index is 655. The molecule has 6 nitrogen and oxygen atoms in total. The molecule has 0 radical (unpaired) electrons. The molecule has 0 aliphatic heterocycles. The zero-order valence-electron chi connectivity index (χ0n) is 12.3. The maximum atomic E-state index is 12.0. The van der Waals surface area contributed by atoms with Crippen molar-refractivity contribution < 1.29 is 14.7 Å². The largest absolute Gasteiger partial charge is 0.480 e. The number of pyridine rings is 1. The van der Waals surface area contributed by atoms with Crippen LogP contribution in [0, 0.1) is 5.92 Å². The second-order valence-corrected chi connectivity index (χ2v) is 6.02. The summed E-state index contributed by atoms with van der Waals surface area (Å²) < 4.78 is 0. The summed E-state index contributed by atoms with van der Waals surface area (Å²) in [6.07, 6.45) is 1.74. The van der Waals surface area contributed by atoms with Gasteiger partial charge >= 0.3 is 5.97 Å². The van der Waals surface area contributed by atoms with E-state index in [0.717, 1.165) is 10.7 Å². The number of rotatable bonds is 6. The van der Waals surface area contributed by atoms with Gasteiger partial charge in [0.25, 0.3) is 0 Å². The lowest BCUT2D eigenvalue weighted by Crippen LogP contribution is -2.44. The Hall–Kier alpha value is -2.28. The molecule has 2 heterocycles. The highest BCUT2D eigenvalue weighted by molar-refractivity contribution is 7.13. The first-order chi connectivity index (χ1) is 10.5. The topological polar surface area (TPSA) is 92.2 Å². The summed E-state index contributed by atoms with van der Waals surface area (Å²) in [4.78, 5) is 31.6. The Morgan fingerprint density at radius 1 is 1.36 bits per heavy atom. The second kappa shape index (κ2) is 7.13. The number of aliphatic carboxylic acids is 1. The van der Waals surface area contributed by atoms with Crippen LogP contribution in [0.5, 0.6) is 0 Å².